The molecule has 250 valence electrons. The van der Waals surface area contributed by atoms with E-state index in [9.17, 15) is 5.26 Å². The number of nitrogens with zero attached hydrogens (tertiary/aromatic N) is 9. The smallest absolute Gasteiger partial charge is 0.257 e. The van der Waals surface area contributed by atoms with Gasteiger partial charge in [-0.1, -0.05) is 11.3 Å². The van der Waals surface area contributed by atoms with Crippen molar-refractivity contribution < 1.29 is 18.6 Å². The summed E-state index contributed by atoms with van der Waals surface area (Å²) in [5.41, 5.74) is 9.61. The molecule has 1 aromatic carbocycles. The van der Waals surface area contributed by atoms with E-state index >= 15 is 0 Å². The Morgan fingerprint density at radius 2 is 1.92 bits per heavy atom. The third-order valence-corrected chi connectivity index (χ3v) is 8.50. The van der Waals surface area contributed by atoms with Gasteiger partial charge in [-0.05, 0) is 50.3 Å². The molecule has 0 unspecified atom stereocenters. The van der Waals surface area contributed by atoms with E-state index in [4.69, 9.17) is 34.7 Å². The van der Waals surface area contributed by atoms with Gasteiger partial charge >= 0.3 is 0 Å². The first-order valence-electron chi connectivity index (χ1n) is 15.9. The summed E-state index contributed by atoms with van der Waals surface area (Å²) >= 11 is 0. The molecule has 1 aliphatic heterocycles. The number of anilines is 2. The van der Waals surface area contributed by atoms with Crippen LogP contribution in [0.15, 0.2) is 58.9 Å². The molecular weight excluding hydrogens is 616 g/mol. The van der Waals surface area contributed by atoms with Crippen molar-refractivity contribution in [1.29, 1.82) is 16.2 Å². The molecule has 4 heterocycles. The van der Waals surface area contributed by atoms with Crippen LogP contribution in [0, 0.1) is 22.3 Å². The zero-order valence-electron chi connectivity index (χ0n) is 26.7. The average Bonchev–Trinajstić information content (AvgIpc) is 3.80. The van der Waals surface area contributed by atoms with Crippen LogP contribution in [0.3, 0.4) is 0 Å². The zero-order chi connectivity index (χ0) is 33.3. The lowest BCUT2D eigenvalue weighted by Gasteiger charge is -2.38. The normalized spacial score (nSPS) is 18.8. The van der Waals surface area contributed by atoms with Crippen molar-refractivity contribution in [1.82, 2.24) is 34.6 Å². The SMILES string of the molecule is C[C@@H](CN(C=N)N=N)Oc1cc(-c2cnc(Nc3cn([C@H]4CC[C@H](N5CCOCC5)CC4)nc3OCc3ncco3)nc2)ccc1C#N. The lowest BCUT2D eigenvalue weighted by atomic mass is 9.90. The molecule has 1 aliphatic carbocycles. The molecule has 4 aromatic rings. The van der Waals surface area contributed by atoms with Gasteiger partial charge in [0, 0.05) is 37.1 Å². The monoisotopic (exact) mass is 654 g/mol. The second-order valence-corrected chi connectivity index (χ2v) is 11.7. The highest BCUT2D eigenvalue weighted by Gasteiger charge is 2.29. The summed E-state index contributed by atoms with van der Waals surface area (Å²) in [7, 11) is 0. The molecule has 0 radical (unpaired) electrons. The maximum Gasteiger partial charge on any atom is 0.257 e. The van der Waals surface area contributed by atoms with Gasteiger partial charge in [-0.2, -0.15) is 10.8 Å². The number of hydrogen-bond donors (Lipinski definition) is 3. The molecule has 16 nitrogen and oxygen atoms in total. The van der Waals surface area contributed by atoms with Crippen molar-refractivity contribution in [2.75, 3.05) is 38.2 Å². The Bertz CT molecular complexity index is 1680. The van der Waals surface area contributed by atoms with Crippen LogP contribution in [0.5, 0.6) is 11.6 Å². The molecular formula is C32H38N12O4. The highest BCUT2D eigenvalue weighted by atomic mass is 16.5. The van der Waals surface area contributed by atoms with E-state index in [2.05, 4.69) is 36.5 Å². The summed E-state index contributed by atoms with van der Waals surface area (Å²) in [4.78, 5) is 15.8. The van der Waals surface area contributed by atoms with E-state index in [1.165, 1.54) is 6.26 Å². The Morgan fingerprint density at radius 3 is 2.60 bits per heavy atom. The largest absolute Gasteiger partial charge is 0.487 e. The summed E-state index contributed by atoms with van der Waals surface area (Å²) in [6.07, 6.45) is 13.1. The third-order valence-electron chi connectivity index (χ3n) is 8.50. The first-order chi connectivity index (χ1) is 23.5. The van der Waals surface area contributed by atoms with Crippen LogP contribution in [0.1, 0.15) is 50.1 Å². The third kappa shape index (κ3) is 7.93. The summed E-state index contributed by atoms with van der Waals surface area (Å²) in [5, 5.41) is 29.4. The molecule has 3 N–H and O–H groups in total. The topological polar surface area (TPSA) is 200 Å². The summed E-state index contributed by atoms with van der Waals surface area (Å²) in [6.45, 7) is 5.70. The molecule has 2 fully saturated rings. The minimum absolute atomic E-state index is 0.126. The molecule has 48 heavy (non-hydrogen) atoms. The van der Waals surface area contributed by atoms with E-state index in [1.54, 1.807) is 43.7 Å². The fraction of sp³-hybridized carbons (Fsp3) is 0.438. The number of morpholine rings is 1. The molecule has 3 aromatic heterocycles. The molecule has 1 saturated heterocycles. The van der Waals surface area contributed by atoms with Gasteiger partial charge in [0.1, 0.15) is 36.2 Å². The number of rotatable bonds is 14. The lowest BCUT2D eigenvalue weighted by molar-refractivity contribution is 0.00502. The maximum atomic E-state index is 9.62. The minimum Gasteiger partial charge on any atom is -0.487 e. The van der Waals surface area contributed by atoms with E-state index in [-0.39, 0.29) is 19.2 Å². The maximum absolute atomic E-state index is 9.62. The predicted octanol–water partition coefficient (Wildman–Crippen LogP) is 4.96. The van der Waals surface area contributed by atoms with Crippen molar-refractivity contribution in [3.05, 3.63) is 60.7 Å². The van der Waals surface area contributed by atoms with Gasteiger partial charge < -0.3 is 23.9 Å². The van der Waals surface area contributed by atoms with Crippen LogP contribution in [0.4, 0.5) is 11.6 Å². The van der Waals surface area contributed by atoms with Crippen molar-refractivity contribution in [3.63, 3.8) is 0 Å². The number of oxazole rings is 1. The number of nitriles is 1. The molecule has 1 saturated carbocycles. The first kappa shape index (κ1) is 32.5. The first-order valence-corrected chi connectivity index (χ1v) is 15.9. The molecule has 16 heteroatoms. The molecule has 1 atom stereocenters. The number of benzene rings is 1. The van der Waals surface area contributed by atoms with Gasteiger partial charge in [0.2, 0.25) is 11.8 Å². The van der Waals surface area contributed by atoms with E-state index < -0.39 is 6.10 Å². The van der Waals surface area contributed by atoms with Crippen molar-refractivity contribution in [2.45, 2.75) is 57.4 Å². The summed E-state index contributed by atoms with van der Waals surface area (Å²) in [6, 6.07) is 8.19. The quantitative estimate of drug-likeness (QED) is 0.0715. The highest BCUT2D eigenvalue weighted by molar-refractivity contribution is 5.67. The Kier molecular flexibility index (Phi) is 10.5. The van der Waals surface area contributed by atoms with Gasteiger partial charge in [0.15, 0.2) is 6.61 Å². The Labute approximate surface area is 277 Å². The number of aromatic nitrogens is 5. The van der Waals surface area contributed by atoms with Gasteiger partial charge in [-0.25, -0.2) is 20.0 Å². The highest BCUT2D eigenvalue weighted by Crippen LogP contribution is 2.35. The molecule has 6 rings (SSSR count). The van der Waals surface area contributed by atoms with E-state index in [0.29, 0.717) is 40.8 Å². The fourth-order valence-electron chi connectivity index (χ4n) is 6.03. The molecule has 2 aliphatic rings. The van der Waals surface area contributed by atoms with Crippen LogP contribution in [0.25, 0.3) is 11.1 Å². The van der Waals surface area contributed by atoms with Crippen LogP contribution in [-0.2, 0) is 11.3 Å². The van der Waals surface area contributed by atoms with Gasteiger partial charge in [0.05, 0.1) is 43.8 Å². The van der Waals surface area contributed by atoms with E-state index in [1.807, 2.05) is 10.9 Å². The summed E-state index contributed by atoms with van der Waals surface area (Å²) in [5.74, 6) is 1.58. The van der Waals surface area contributed by atoms with E-state index in [0.717, 1.165) is 74.5 Å². The molecule has 0 amide bonds. The van der Waals surface area contributed by atoms with Crippen molar-refractivity contribution >= 4 is 18.0 Å². The minimum atomic E-state index is -0.438. The van der Waals surface area contributed by atoms with Crippen LogP contribution >= 0.6 is 0 Å². The van der Waals surface area contributed by atoms with Crippen LogP contribution in [-0.4, -0.2) is 86.0 Å². The number of hydrogen-bond acceptors (Lipinski definition) is 14. The van der Waals surface area contributed by atoms with Gasteiger partial charge in [-0.15, -0.1) is 5.10 Å². The summed E-state index contributed by atoms with van der Waals surface area (Å²) < 4.78 is 24.9. The second kappa shape index (κ2) is 15.5. The second-order valence-electron chi connectivity index (χ2n) is 11.7. The molecule has 0 bridgehead atoms. The predicted molar refractivity (Wildman–Crippen MR) is 173 cm³/mol. The Hall–Kier alpha value is -5.40. The zero-order valence-corrected chi connectivity index (χ0v) is 26.7. The lowest BCUT2D eigenvalue weighted by Crippen LogP contribution is -2.45. The van der Waals surface area contributed by atoms with Crippen LogP contribution < -0.4 is 14.8 Å². The molecule has 0 spiro atoms. The average molecular weight is 655 g/mol. The Balaban J connectivity index is 1.15. The van der Waals surface area contributed by atoms with Gasteiger partial charge in [0.25, 0.3) is 5.88 Å². The van der Waals surface area contributed by atoms with Gasteiger partial charge in [-0.3, -0.25) is 15.0 Å². The Morgan fingerprint density at radius 1 is 1.15 bits per heavy atom. The number of ether oxygens (including phenoxy) is 3. The van der Waals surface area contributed by atoms with Crippen LogP contribution in [0.2, 0.25) is 0 Å². The standard InChI is InChI=1S/C32H38N12O4/c1-22(18-43(21-34)41-35)48-29-14-23(2-3-24(29)15-33)25-16-37-32(38-17-25)39-28-19-44(40-31(28)47-20-30-36-8-11-46-30)27-6-4-26(5-7-27)42-9-12-45-13-10-42/h2-3,8,11,14,16-17,19,21-22,26-27,34-35H,4-7,9-10,12-13,18,20H2,1H3,(H,37,38,39)/t22-,26-,27-/m0/s1. The fourth-order valence-corrected chi connectivity index (χ4v) is 6.03. The van der Waals surface area contributed by atoms with Crippen molar-refractivity contribution in [2.24, 2.45) is 5.22 Å². The number of nitrogens with one attached hydrogen (secondary N) is 3. The van der Waals surface area contributed by atoms with Crippen molar-refractivity contribution in [3.8, 4) is 28.8 Å².